The van der Waals surface area contributed by atoms with Gasteiger partial charge < -0.3 is 0 Å². The van der Waals surface area contributed by atoms with E-state index in [9.17, 15) is 0 Å². The number of hydrogen-bond acceptors (Lipinski definition) is 6. The van der Waals surface area contributed by atoms with Gasteiger partial charge in [-0.15, -0.1) is 11.7 Å². The van der Waals surface area contributed by atoms with Crippen molar-refractivity contribution in [3.8, 4) is 0 Å². The molecule has 0 radical (unpaired) electrons. The van der Waals surface area contributed by atoms with Crippen LogP contribution in [0.15, 0.2) is 0 Å². The van der Waals surface area contributed by atoms with Crippen LogP contribution in [0, 0.1) is 5.41 Å². The van der Waals surface area contributed by atoms with Crippen LogP contribution in [0.4, 0.5) is 0 Å². The number of rotatable bonds is 10. The lowest BCUT2D eigenvalue weighted by Crippen LogP contribution is -2.69. The third-order valence-corrected chi connectivity index (χ3v) is 12.9. The number of thiol groups is 1. The van der Waals surface area contributed by atoms with E-state index >= 15 is 0 Å². The molecule has 0 saturated heterocycles. The molecular formula is C14H28S6. The average Bonchev–Trinajstić information content (AvgIpc) is 2.44. The largest absolute Gasteiger partial charge is 0.111 e. The van der Waals surface area contributed by atoms with Gasteiger partial charge in [-0.2, -0.15) is 0 Å². The molecule has 0 aromatic heterocycles. The van der Waals surface area contributed by atoms with Crippen LogP contribution in [0.1, 0.15) is 53.9 Å². The van der Waals surface area contributed by atoms with Crippen molar-refractivity contribution >= 4 is 65.6 Å². The lowest BCUT2D eigenvalue weighted by molar-refractivity contribution is 0.0467. The van der Waals surface area contributed by atoms with E-state index < -0.39 is 0 Å². The summed E-state index contributed by atoms with van der Waals surface area (Å²) in [5.41, 5.74) is 0.397. The molecule has 0 aliphatic heterocycles. The van der Waals surface area contributed by atoms with Gasteiger partial charge in [0.15, 0.2) is 0 Å². The maximum absolute atomic E-state index is 4.47. The lowest BCUT2D eigenvalue weighted by atomic mass is 9.52. The SMILES string of the molecule is CCCSSC1(CSS)CC(C)(SSCC)C1(C)CC. The third-order valence-electron chi connectivity index (χ3n) is 4.67. The van der Waals surface area contributed by atoms with Gasteiger partial charge in [-0.05, 0) is 31.6 Å². The molecular weight excluding hydrogens is 361 g/mol. The Balaban J connectivity index is 2.85. The molecule has 0 nitrogen and oxygen atoms in total. The van der Waals surface area contributed by atoms with Crippen molar-refractivity contribution in [2.75, 3.05) is 17.3 Å². The minimum atomic E-state index is 0.393. The van der Waals surface area contributed by atoms with Crippen LogP contribution < -0.4 is 0 Å². The Labute approximate surface area is 150 Å². The van der Waals surface area contributed by atoms with Crippen LogP contribution in [0.3, 0.4) is 0 Å². The molecule has 1 fully saturated rings. The van der Waals surface area contributed by atoms with Gasteiger partial charge in [-0.25, -0.2) is 0 Å². The highest BCUT2D eigenvalue weighted by Crippen LogP contribution is 2.73. The molecule has 0 aromatic carbocycles. The van der Waals surface area contributed by atoms with Crippen molar-refractivity contribution in [2.24, 2.45) is 5.41 Å². The summed E-state index contributed by atoms with van der Waals surface area (Å²) in [7, 11) is 10.1. The Hall–Kier alpha value is 2.10. The zero-order valence-corrected chi connectivity index (χ0v) is 18.2. The highest BCUT2D eigenvalue weighted by molar-refractivity contribution is 8.78. The summed E-state index contributed by atoms with van der Waals surface area (Å²) < 4.78 is 0.801. The van der Waals surface area contributed by atoms with Gasteiger partial charge in [0.05, 0.1) is 0 Å². The second kappa shape index (κ2) is 8.81. The van der Waals surface area contributed by atoms with Crippen LogP contribution in [0.25, 0.3) is 0 Å². The summed E-state index contributed by atoms with van der Waals surface area (Å²) in [6.45, 7) is 11.9. The van der Waals surface area contributed by atoms with Gasteiger partial charge in [0, 0.05) is 26.8 Å². The van der Waals surface area contributed by atoms with Crippen molar-refractivity contribution in [1.82, 2.24) is 0 Å². The summed E-state index contributed by atoms with van der Waals surface area (Å²) in [6.07, 6.45) is 3.84. The van der Waals surface area contributed by atoms with E-state index in [0.717, 1.165) is 5.75 Å². The molecule has 120 valence electrons. The zero-order valence-electron chi connectivity index (χ0n) is 13.2. The molecule has 1 aliphatic carbocycles. The van der Waals surface area contributed by atoms with Crippen molar-refractivity contribution in [3.05, 3.63) is 0 Å². The quantitative estimate of drug-likeness (QED) is 0.240. The summed E-state index contributed by atoms with van der Waals surface area (Å²) in [5.74, 6) is 3.62. The Kier molecular flexibility index (Phi) is 8.88. The molecule has 0 bridgehead atoms. The van der Waals surface area contributed by atoms with Crippen molar-refractivity contribution in [2.45, 2.75) is 63.4 Å². The third kappa shape index (κ3) is 3.77. The van der Waals surface area contributed by atoms with Gasteiger partial charge in [0.1, 0.15) is 0 Å². The second-order valence-electron chi connectivity index (χ2n) is 5.76. The summed E-state index contributed by atoms with van der Waals surface area (Å²) in [6, 6.07) is 0. The van der Waals surface area contributed by atoms with Crippen molar-refractivity contribution in [1.29, 1.82) is 0 Å². The summed E-state index contributed by atoms with van der Waals surface area (Å²) in [4.78, 5) is 0. The van der Waals surface area contributed by atoms with Gasteiger partial charge in [0.25, 0.3) is 0 Å². The maximum Gasteiger partial charge on any atom is 0.0442 e. The van der Waals surface area contributed by atoms with E-state index in [4.69, 9.17) is 0 Å². The van der Waals surface area contributed by atoms with Gasteiger partial charge >= 0.3 is 0 Å². The standard InChI is InChI=1S/C14H28S6/c1-6-9-18-20-14(11-16-15)10-13(5,19-17-8-3)12(14,4)7-2/h15H,6-11H2,1-5H3. The minimum Gasteiger partial charge on any atom is -0.111 e. The van der Waals surface area contributed by atoms with E-state index in [1.165, 1.54) is 30.8 Å². The van der Waals surface area contributed by atoms with E-state index in [1.807, 2.05) is 10.8 Å². The first-order valence-corrected chi connectivity index (χ1v) is 14.0. The summed E-state index contributed by atoms with van der Waals surface area (Å²) >= 11 is 4.47. The smallest absolute Gasteiger partial charge is 0.0442 e. The minimum absolute atomic E-state index is 0.393. The Bertz CT molecular complexity index is 299. The molecule has 1 rings (SSSR count). The molecule has 3 unspecified atom stereocenters. The van der Waals surface area contributed by atoms with Crippen LogP contribution in [-0.4, -0.2) is 26.8 Å². The first-order chi connectivity index (χ1) is 9.45. The van der Waals surface area contributed by atoms with Crippen LogP contribution in [-0.2, 0) is 0 Å². The van der Waals surface area contributed by atoms with Crippen LogP contribution in [0.2, 0.25) is 0 Å². The monoisotopic (exact) mass is 388 g/mol. The second-order valence-corrected chi connectivity index (χ2v) is 13.0. The Morgan fingerprint density at radius 3 is 2.25 bits per heavy atom. The Morgan fingerprint density at radius 2 is 1.75 bits per heavy atom. The highest BCUT2D eigenvalue weighted by atomic mass is 33.1. The van der Waals surface area contributed by atoms with Crippen LogP contribution >= 0.6 is 65.6 Å². The highest BCUT2D eigenvalue weighted by Gasteiger charge is 2.68. The molecule has 3 atom stereocenters. The molecule has 0 amide bonds. The van der Waals surface area contributed by atoms with Gasteiger partial charge in [-0.3, -0.25) is 0 Å². The van der Waals surface area contributed by atoms with E-state index in [-0.39, 0.29) is 0 Å². The average molecular weight is 389 g/mol. The molecule has 1 aliphatic rings. The predicted octanol–water partition coefficient (Wildman–Crippen LogP) is 7.07. The summed E-state index contributed by atoms with van der Waals surface area (Å²) in [5, 5.41) is 0. The Morgan fingerprint density at radius 1 is 1.05 bits per heavy atom. The zero-order chi connectivity index (χ0) is 15.3. The lowest BCUT2D eigenvalue weighted by Gasteiger charge is -2.68. The van der Waals surface area contributed by atoms with Crippen LogP contribution in [0.5, 0.6) is 0 Å². The molecule has 0 aromatic rings. The fourth-order valence-corrected chi connectivity index (χ4v) is 12.1. The molecule has 20 heavy (non-hydrogen) atoms. The molecule has 1 saturated carbocycles. The normalized spacial score (nSPS) is 36.9. The van der Waals surface area contributed by atoms with Crippen molar-refractivity contribution in [3.63, 3.8) is 0 Å². The fourth-order valence-electron chi connectivity index (χ4n) is 3.01. The van der Waals surface area contributed by atoms with Crippen molar-refractivity contribution < 1.29 is 0 Å². The van der Waals surface area contributed by atoms with Gasteiger partial charge in [0.2, 0.25) is 0 Å². The number of hydrogen-bond donors (Lipinski definition) is 1. The van der Waals surface area contributed by atoms with E-state index in [1.54, 1.807) is 10.8 Å². The van der Waals surface area contributed by atoms with E-state index in [2.05, 4.69) is 78.7 Å². The molecule has 0 N–H and O–H groups in total. The maximum atomic E-state index is 4.47. The molecule has 6 heteroatoms. The topological polar surface area (TPSA) is 0 Å². The predicted molar refractivity (Wildman–Crippen MR) is 112 cm³/mol. The fraction of sp³-hybridized carbons (Fsp3) is 1.00. The first-order valence-electron chi connectivity index (χ1n) is 7.33. The first kappa shape index (κ1) is 20.1. The molecule has 0 heterocycles. The van der Waals surface area contributed by atoms with Gasteiger partial charge in [-0.1, -0.05) is 81.7 Å². The molecule has 0 spiro atoms. The van der Waals surface area contributed by atoms with E-state index in [0.29, 0.717) is 14.9 Å².